The number of hydrogen-bond donors (Lipinski definition) is 0. The van der Waals surface area contributed by atoms with Gasteiger partial charge in [-0.2, -0.15) is 0 Å². The van der Waals surface area contributed by atoms with E-state index in [2.05, 4.69) is 0 Å². The molecule has 1 aliphatic rings. The van der Waals surface area contributed by atoms with Crippen LogP contribution in [-0.2, 0) is 9.53 Å². The first kappa shape index (κ1) is 9.34. The average molecular weight is 206 g/mol. The number of cyclic esters (lactones) is 1. The molecule has 0 N–H and O–H groups in total. The van der Waals surface area contributed by atoms with Crippen LogP contribution < -0.4 is 0 Å². The van der Waals surface area contributed by atoms with Crippen LogP contribution in [0.3, 0.4) is 0 Å². The molecule has 3 heteroatoms. The maximum Gasteiger partial charge on any atom is 0.331 e. The van der Waals surface area contributed by atoms with Crippen molar-refractivity contribution in [2.24, 2.45) is 0 Å². The average Bonchev–Trinajstić information content (AvgIpc) is 2.65. The number of rotatable bonds is 2. The largest absolute Gasteiger partial charge is 0.450 e. The van der Waals surface area contributed by atoms with Crippen molar-refractivity contribution < 1.29 is 9.53 Å². The molecule has 1 aromatic rings. The van der Waals surface area contributed by atoms with Gasteiger partial charge in [0.25, 0.3) is 0 Å². The lowest BCUT2D eigenvalue weighted by Crippen LogP contribution is -1.99. The third kappa shape index (κ3) is 1.82. The van der Waals surface area contributed by atoms with E-state index < -0.39 is 0 Å². The smallest absolute Gasteiger partial charge is 0.331 e. The molecule has 0 saturated heterocycles. The van der Waals surface area contributed by atoms with E-state index in [0.29, 0.717) is 0 Å². The fourth-order valence-corrected chi connectivity index (χ4v) is 1.75. The number of esters is 1. The molecule has 0 aliphatic carbocycles. The van der Waals surface area contributed by atoms with E-state index in [1.165, 1.54) is 11.0 Å². The maximum atomic E-state index is 10.8. The second-order valence-electron chi connectivity index (χ2n) is 2.99. The highest BCUT2D eigenvalue weighted by atomic mass is 32.2. The number of carbonyl (C=O) groups is 1. The molecular weight excluding hydrogens is 196 g/mol. The Morgan fingerprint density at radius 3 is 2.50 bits per heavy atom. The SMILES string of the molecule is CSc1ccc(C2C=CC(=O)O2)cc1. The van der Waals surface area contributed by atoms with Crippen LogP contribution in [0.1, 0.15) is 11.7 Å². The van der Waals surface area contributed by atoms with Gasteiger partial charge in [-0.3, -0.25) is 0 Å². The van der Waals surface area contributed by atoms with Gasteiger partial charge in [0.2, 0.25) is 0 Å². The van der Waals surface area contributed by atoms with Gasteiger partial charge in [-0.05, 0) is 30.0 Å². The molecule has 1 unspecified atom stereocenters. The van der Waals surface area contributed by atoms with Gasteiger partial charge in [-0.1, -0.05) is 12.1 Å². The maximum absolute atomic E-state index is 10.8. The van der Waals surface area contributed by atoms with Gasteiger partial charge in [-0.15, -0.1) is 11.8 Å². The molecule has 72 valence electrons. The predicted molar refractivity (Wildman–Crippen MR) is 56.2 cm³/mol. The first-order valence-electron chi connectivity index (χ1n) is 4.32. The Labute approximate surface area is 87.0 Å². The van der Waals surface area contributed by atoms with E-state index in [9.17, 15) is 4.79 Å². The van der Waals surface area contributed by atoms with E-state index in [4.69, 9.17) is 4.74 Å². The van der Waals surface area contributed by atoms with Crippen molar-refractivity contribution in [3.63, 3.8) is 0 Å². The standard InChI is InChI=1S/C11H10O2S/c1-14-9-4-2-8(3-5-9)10-6-7-11(12)13-10/h2-7,10H,1H3. The van der Waals surface area contributed by atoms with Crippen molar-refractivity contribution in [1.82, 2.24) is 0 Å². The first-order chi connectivity index (χ1) is 6.79. The van der Waals surface area contributed by atoms with Gasteiger partial charge in [0.15, 0.2) is 0 Å². The molecule has 1 aliphatic heterocycles. The van der Waals surface area contributed by atoms with Crippen molar-refractivity contribution in [2.75, 3.05) is 6.26 Å². The summed E-state index contributed by atoms with van der Waals surface area (Å²) in [6.07, 6.45) is 5.08. The van der Waals surface area contributed by atoms with Gasteiger partial charge in [0, 0.05) is 11.0 Å². The van der Waals surface area contributed by atoms with Gasteiger partial charge >= 0.3 is 5.97 Å². The van der Waals surface area contributed by atoms with Crippen molar-refractivity contribution in [2.45, 2.75) is 11.0 Å². The summed E-state index contributed by atoms with van der Waals surface area (Å²) in [6.45, 7) is 0. The molecule has 1 heterocycles. The van der Waals surface area contributed by atoms with Crippen LogP contribution in [0.5, 0.6) is 0 Å². The Morgan fingerprint density at radius 2 is 2.00 bits per heavy atom. The highest BCUT2D eigenvalue weighted by molar-refractivity contribution is 7.98. The fourth-order valence-electron chi connectivity index (χ4n) is 1.34. The number of hydrogen-bond acceptors (Lipinski definition) is 3. The van der Waals surface area contributed by atoms with E-state index in [1.54, 1.807) is 17.8 Å². The van der Waals surface area contributed by atoms with Crippen LogP contribution in [0.2, 0.25) is 0 Å². The lowest BCUT2D eigenvalue weighted by molar-refractivity contribution is -0.138. The zero-order valence-corrected chi connectivity index (χ0v) is 8.58. The molecule has 2 rings (SSSR count). The Balaban J connectivity index is 2.17. The minimum Gasteiger partial charge on any atom is -0.450 e. The Hall–Kier alpha value is -1.22. The van der Waals surface area contributed by atoms with Crippen molar-refractivity contribution in [1.29, 1.82) is 0 Å². The summed E-state index contributed by atoms with van der Waals surface area (Å²) in [5.41, 5.74) is 1.02. The minimum atomic E-state index is -0.260. The number of benzene rings is 1. The summed E-state index contributed by atoms with van der Waals surface area (Å²) in [5, 5.41) is 0. The van der Waals surface area contributed by atoms with E-state index >= 15 is 0 Å². The summed E-state index contributed by atoms with van der Waals surface area (Å²) >= 11 is 1.69. The van der Waals surface area contributed by atoms with Gasteiger partial charge in [0.05, 0.1) is 0 Å². The van der Waals surface area contributed by atoms with Gasteiger partial charge in [0.1, 0.15) is 6.10 Å². The van der Waals surface area contributed by atoms with Crippen molar-refractivity contribution in [3.05, 3.63) is 42.0 Å². The summed E-state index contributed by atoms with van der Waals surface area (Å²) in [7, 11) is 0. The van der Waals surface area contributed by atoms with E-state index in [1.807, 2.05) is 30.5 Å². The Kier molecular flexibility index (Phi) is 2.59. The first-order valence-corrected chi connectivity index (χ1v) is 5.55. The molecule has 0 aromatic heterocycles. The molecule has 0 amide bonds. The quantitative estimate of drug-likeness (QED) is 0.549. The Morgan fingerprint density at radius 1 is 1.29 bits per heavy atom. The van der Waals surface area contributed by atoms with Crippen molar-refractivity contribution >= 4 is 17.7 Å². The number of thioether (sulfide) groups is 1. The lowest BCUT2D eigenvalue weighted by atomic mass is 10.1. The molecule has 0 fully saturated rings. The number of carbonyl (C=O) groups excluding carboxylic acids is 1. The van der Waals surface area contributed by atoms with Crippen LogP contribution in [0, 0.1) is 0 Å². The highest BCUT2D eigenvalue weighted by Crippen LogP contribution is 2.25. The summed E-state index contributed by atoms with van der Waals surface area (Å²) in [5.74, 6) is -0.260. The van der Waals surface area contributed by atoms with Gasteiger partial charge in [-0.25, -0.2) is 4.79 Å². The van der Waals surface area contributed by atoms with E-state index in [-0.39, 0.29) is 12.1 Å². The monoisotopic (exact) mass is 206 g/mol. The zero-order valence-electron chi connectivity index (χ0n) is 7.77. The molecule has 0 spiro atoms. The molecular formula is C11H10O2S. The Bertz CT molecular complexity index is 367. The molecule has 1 aromatic carbocycles. The van der Waals surface area contributed by atoms with E-state index in [0.717, 1.165) is 5.56 Å². The van der Waals surface area contributed by atoms with Gasteiger partial charge < -0.3 is 4.74 Å². The molecule has 1 atom stereocenters. The third-order valence-corrected chi connectivity index (χ3v) is 2.84. The molecule has 0 bridgehead atoms. The molecule has 14 heavy (non-hydrogen) atoms. The van der Waals surface area contributed by atoms with Crippen LogP contribution in [0.4, 0.5) is 0 Å². The fraction of sp³-hybridized carbons (Fsp3) is 0.182. The second kappa shape index (κ2) is 3.88. The second-order valence-corrected chi connectivity index (χ2v) is 3.87. The normalized spacial score (nSPS) is 19.8. The predicted octanol–water partition coefficient (Wildman–Crippen LogP) is 2.56. The topological polar surface area (TPSA) is 26.3 Å². The van der Waals surface area contributed by atoms with Crippen LogP contribution >= 0.6 is 11.8 Å². The minimum absolute atomic E-state index is 0.196. The van der Waals surface area contributed by atoms with Crippen LogP contribution in [-0.4, -0.2) is 12.2 Å². The van der Waals surface area contributed by atoms with Crippen LogP contribution in [0.25, 0.3) is 0 Å². The summed E-state index contributed by atoms with van der Waals surface area (Å²) in [4.78, 5) is 12.0. The van der Waals surface area contributed by atoms with Crippen molar-refractivity contribution in [3.8, 4) is 0 Å². The third-order valence-electron chi connectivity index (χ3n) is 2.09. The van der Waals surface area contributed by atoms with Crippen LogP contribution in [0.15, 0.2) is 41.3 Å². The zero-order chi connectivity index (χ0) is 9.97. The highest BCUT2D eigenvalue weighted by Gasteiger charge is 2.17. The molecule has 0 saturated carbocycles. The lowest BCUT2D eigenvalue weighted by Gasteiger charge is -2.08. The molecule has 2 nitrogen and oxygen atoms in total. The molecule has 0 radical (unpaired) electrons. The summed E-state index contributed by atoms with van der Waals surface area (Å²) in [6, 6.07) is 8.03. The number of ether oxygens (including phenoxy) is 1. The summed E-state index contributed by atoms with van der Waals surface area (Å²) < 4.78 is 5.06.